The van der Waals surface area contributed by atoms with Gasteiger partial charge in [0.05, 0.1) is 0 Å². The van der Waals surface area contributed by atoms with Crippen molar-refractivity contribution >= 4 is 5.69 Å². The Hall–Kier alpha value is -1.96. The van der Waals surface area contributed by atoms with Gasteiger partial charge in [0, 0.05) is 18.8 Å². The molecule has 1 heterocycles. The summed E-state index contributed by atoms with van der Waals surface area (Å²) in [5.74, 6) is 0.389. The van der Waals surface area contributed by atoms with E-state index in [4.69, 9.17) is 0 Å². The van der Waals surface area contributed by atoms with Crippen LogP contribution in [0.2, 0.25) is 0 Å². The molecule has 2 nitrogen and oxygen atoms in total. The van der Waals surface area contributed by atoms with Crippen LogP contribution in [0.5, 0.6) is 5.75 Å². The zero-order valence-electron chi connectivity index (χ0n) is 10.6. The molecular weight excluding hydrogens is 222 g/mol. The fraction of sp³-hybridized carbons (Fsp3) is 0.250. The molecule has 2 heteroatoms. The first-order chi connectivity index (χ1) is 8.74. The van der Waals surface area contributed by atoms with E-state index in [-0.39, 0.29) is 0 Å². The molecule has 0 aromatic heterocycles. The highest BCUT2D eigenvalue weighted by Gasteiger charge is 2.18. The fourth-order valence-electron chi connectivity index (χ4n) is 2.54. The van der Waals surface area contributed by atoms with Gasteiger partial charge < -0.3 is 10.0 Å². The van der Waals surface area contributed by atoms with Gasteiger partial charge in [0.2, 0.25) is 0 Å². The van der Waals surface area contributed by atoms with Crippen LogP contribution in [-0.4, -0.2) is 11.7 Å². The van der Waals surface area contributed by atoms with Crippen molar-refractivity contribution in [1.82, 2.24) is 0 Å². The molecule has 3 rings (SSSR count). The Morgan fingerprint density at radius 2 is 2.00 bits per heavy atom. The van der Waals surface area contributed by atoms with Crippen molar-refractivity contribution in [2.24, 2.45) is 0 Å². The summed E-state index contributed by atoms with van der Waals surface area (Å²) in [6, 6.07) is 14.5. The lowest BCUT2D eigenvalue weighted by Gasteiger charge is -2.19. The summed E-state index contributed by atoms with van der Waals surface area (Å²) >= 11 is 0. The lowest BCUT2D eigenvalue weighted by atomic mass is 10.1. The molecular formula is C16H17NO. The second-order valence-electron chi connectivity index (χ2n) is 4.92. The first kappa shape index (κ1) is 11.1. The molecule has 0 radical (unpaired) electrons. The van der Waals surface area contributed by atoms with Gasteiger partial charge in [-0.3, -0.25) is 0 Å². The maximum atomic E-state index is 9.75. The Balaban J connectivity index is 1.84. The van der Waals surface area contributed by atoms with Crippen LogP contribution in [0.15, 0.2) is 42.5 Å². The average molecular weight is 239 g/mol. The number of para-hydroxylation sites is 1. The second-order valence-corrected chi connectivity index (χ2v) is 4.92. The molecule has 0 atom stereocenters. The van der Waals surface area contributed by atoms with Gasteiger partial charge in [0.1, 0.15) is 5.75 Å². The molecule has 0 aliphatic carbocycles. The summed E-state index contributed by atoms with van der Waals surface area (Å²) in [6.07, 6.45) is 1.12. The van der Waals surface area contributed by atoms with E-state index < -0.39 is 0 Å². The van der Waals surface area contributed by atoms with Crippen molar-refractivity contribution in [3.63, 3.8) is 0 Å². The van der Waals surface area contributed by atoms with E-state index in [0.29, 0.717) is 5.75 Å². The van der Waals surface area contributed by atoms with Crippen LogP contribution >= 0.6 is 0 Å². The highest BCUT2D eigenvalue weighted by molar-refractivity contribution is 5.58. The highest BCUT2D eigenvalue weighted by atomic mass is 16.3. The van der Waals surface area contributed by atoms with Gasteiger partial charge in [-0.15, -0.1) is 0 Å². The number of rotatable bonds is 2. The number of phenols is 1. The number of hydrogen-bond donors (Lipinski definition) is 1. The van der Waals surface area contributed by atoms with Crippen molar-refractivity contribution in [2.45, 2.75) is 19.9 Å². The summed E-state index contributed by atoms with van der Waals surface area (Å²) in [5, 5.41) is 9.75. The first-order valence-corrected chi connectivity index (χ1v) is 6.35. The summed E-state index contributed by atoms with van der Waals surface area (Å²) in [6.45, 7) is 3.85. The van der Waals surface area contributed by atoms with Gasteiger partial charge >= 0.3 is 0 Å². The van der Waals surface area contributed by atoms with Crippen LogP contribution in [-0.2, 0) is 13.0 Å². The number of nitrogens with zero attached hydrogens (tertiary/aromatic N) is 1. The van der Waals surface area contributed by atoms with Gasteiger partial charge in [-0.05, 0) is 42.2 Å². The molecule has 0 fully saturated rings. The quantitative estimate of drug-likeness (QED) is 0.869. The third kappa shape index (κ3) is 1.94. The van der Waals surface area contributed by atoms with Crippen LogP contribution < -0.4 is 4.90 Å². The maximum Gasteiger partial charge on any atom is 0.118 e. The van der Waals surface area contributed by atoms with Crippen LogP contribution in [0.25, 0.3) is 0 Å². The van der Waals surface area contributed by atoms with Crippen molar-refractivity contribution in [2.75, 3.05) is 11.4 Å². The predicted molar refractivity (Wildman–Crippen MR) is 74.0 cm³/mol. The second kappa shape index (κ2) is 4.37. The standard InChI is InChI=1S/C16H17NO/c1-12-6-7-13(10-16(12)18)11-17-9-8-14-4-2-3-5-15(14)17/h2-7,10,18H,8-9,11H2,1H3. The van der Waals surface area contributed by atoms with E-state index >= 15 is 0 Å². The average Bonchev–Trinajstić information content (AvgIpc) is 2.78. The Bertz CT molecular complexity index is 577. The van der Waals surface area contributed by atoms with Crippen molar-refractivity contribution in [1.29, 1.82) is 0 Å². The largest absolute Gasteiger partial charge is 0.508 e. The minimum absolute atomic E-state index is 0.389. The number of phenolic OH excluding ortho intramolecular Hbond substituents is 1. The van der Waals surface area contributed by atoms with E-state index in [1.165, 1.54) is 11.3 Å². The van der Waals surface area contributed by atoms with E-state index in [1.807, 2.05) is 19.1 Å². The monoisotopic (exact) mass is 239 g/mol. The predicted octanol–water partition coefficient (Wildman–Crippen LogP) is 3.26. The summed E-state index contributed by atoms with van der Waals surface area (Å²) in [4.78, 5) is 2.37. The number of aryl methyl sites for hydroxylation is 1. The van der Waals surface area contributed by atoms with Gasteiger partial charge in [0.15, 0.2) is 0 Å². The Morgan fingerprint density at radius 3 is 2.83 bits per heavy atom. The molecule has 0 unspecified atom stereocenters. The minimum atomic E-state index is 0.389. The molecule has 1 aliphatic rings. The number of anilines is 1. The molecule has 2 aromatic carbocycles. The zero-order valence-corrected chi connectivity index (χ0v) is 10.6. The third-order valence-electron chi connectivity index (χ3n) is 3.63. The molecule has 92 valence electrons. The van der Waals surface area contributed by atoms with Crippen molar-refractivity contribution in [3.05, 3.63) is 59.2 Å². The number of benzene rings is 2. The van der Waals surface area contributed by atoms with Crippen molar-refractivity contribution < 1.29 is 5.11 Å². The molecule has 2 aromatic rings. The Labute approximate surface area is 107 Å². The molecule has 0 bridgehead atoms. The Morgan fingerprint density at radius 1 is 1.17 bits per heavy atom. The van der Waals surface area contributed by atoms with Gasteiger partial charge in [0.25, 0.3) is 0 Å². The fourth-order valence-corrected chi connectivity index (χ4v) is 2.54. The van der Waals surface area contributed by atoms with Crippen LogP contribution in [0.1, 0.15) is 16.7 Å². The van der Waals surface area contributed by atoms with Crippen molar-refractivity contribution in [3.8, 4) is 5.75 Å². The van der Waals surface area contributed by atoms with Gasteiger partial charge in [-0.1, -0.05) is 30.3 Å². The molecule has 1 aliphatic heterocycles. The maximum absolute atomic E-state index is 9.75. The summed E-state index contributed by atoms with van der Waals surface area (Å²) in [7, 11) is 0. The van der Waals surface area contributed by atoms with E-state index in [9.17, 15) is 5.11 Å². The molecule has 0 amide bonds. The number of fused-ring (bicyclic) bond motifs is 1. The lowest BCUT2D eigenvalue weighted by Crippen LogP contribution is -2.19. The lowest BCUT2D eigenvalue weighted by molar-refractivity contribution is 0.470. The topological polar surface area (TPSA) is 23.5 Å². The molecule has 0 saturated heterocycles. The molecule has 0 saturated carbocycles. The smallest absolute Gasteiger partial charge is 0.118 e. The summed E-state index contributed by atoms with van der Waals surface area (Å²) < 4.78 is 0. The summed E-state index contributed by atoms with van der Waals surface area (Å²) in [5.41, 5.74) is 4.85. The zero-order chi connectivity index (χ0) is 12.5. The van der Waals surface area contributed by atoms with Crippen LogP contribution in [0.4, 0.5) is 5.69 Å². The van der Waals surface area contributed by atoms with E-state index in [0.717, 1.165) is 30.6 Å². The van der Waals surface area contributed by atoms with E-state index in [2.05, 4.69) is 35.2 Å². The highest BCUT2D eigenvalue weighted by Crippen LogP contribution is 2.29. The van der Waals surface area contributed by atoms with Gasteiger partial charge in [-0.25, -0.2) is 0 Å². The van der Waals surface area contributed by atoms with Crippen LogP contribution in [0, 0.1) is 6.92 Å². The molecule has 18 heavy (non-hydrogen) atoms. The third-order valence-corrected chi connectivity index (χ3v) is 3.63. The first-order valence-electron chi connectivity index (χ1n) is 6.35. The van der Waals surface area contributed by atoms with Gasteiger partial charge in [-0.2, -0.15) is 0 Å². The normalized spacial score (nSPS) is 13.7. The number of hydrogen-bond acceptors (Lipinski definition) is 2. The molecule has 1 N–H and O–H groups in total. The van der Waals surface area contributed by atoms with E-state index in [1.54, 1.807) is 0 Å². The SMILES string of the molecule is Cc1ccc(CN2CCc3ccccc32)cc1O. The van der Waals surface area contributed by atoms with Crippen LogP contribution in [0.3, 0.4) is 0 Å². The minimum Gasteiger partial charge on any atom is -0.508 e. The number of aromatic hydroxyl groups is 1. The Kier molecular flexibility index (Phi) is 2.71. The molecule has 0 spiro atoms.